The van der Waals surface area contributed by atoms with Gasteiger partial charge in [0.15, 0.2) is 5.82 Å². The van der Waals surface area contributed by atoms with Gasteiger partial charge >= 0.3 is 0 Å². The van der Waals surface area contributed by atoms with Gasteiger partial charge in [0.1, 0.15) is 18.7 Å². The first-order chi connectivity index (χ1) is 8.58. The topological polar surface area (TPSA) is 66.0 Å². The largest absolute Gasteiger partial charge is 0.483 e. The van der Waals surface area contributed by atoms with Crippen molar-refractivity contribution in [1.29, 1.82) is 0 Å². The molecule has 2 rings (SSSR count). The Morgan fingerprint density at radius 1 is 1.39 bits per heavy atom. The lowest BCUT2D eigenvalue weighted by Crippen LogP contribution is -2.11. The molecule has 0 bridgehead atoms. The second-order valence-corrected chi connectivity index (χ2v) is 4.54. The van der Waals surface area contributed by atoms with Crippen LogP contribution in [-0.2, 0) is 6.61 Å². The third-order valence-corrected chi connectivity index (χ3v) is 2.66. The Kier molecular flexibility index (Phi) is 3.50. The number of hydrogen-bond acceptors (Lipinski definition) is 4. The summed E-state index contributed by atoms with van der Waals surface area (Å²) in [5.41, 5.74) is 7.61. The van der Waals surface area contributed by atoms with E-state index in [9.17, 15) is 0 Å². The van der Waals surface area contributed by atoms with Crippen molar-refractivity contribution in [2.75, 3.05) is 5.73 Å². The maximum absolute atomic E-state index is 5.86. The van der Waals surface area contributed by atoms with Crippen molar-refractivity contribution in [2.24, 2.45) is 0 Å². The van der Waals surface area contributed by atoms with Gasteiger partial charge in [0, 0.05) is 6.04 Å². The number of benzene rings is 1. The molecule has 96 valence electrons. The van der Waals surface area contributed by atoms with Gasteiger partial charge < -0.3 is 10.5 Å². The number of hydrogen-bond donors (Lipinski definition) is 1. The van der Waals surface area contributed by atoms with E-state index in [1.165, 1.54) is 6.33 Å². The van der Waals surface area contributed by atoms with Gasteiger partial charge in [-0.05, 0) is 38.5 Å². The van der Waals surface area contributed by atoms with Gasteiger partial charge in [-0.15, -0.1) is 0 Å². The fraction of sp³-hybridized carbons (Fsp3) is 0.385. The first-order valence-electron chi connectivity index (χ1n) is 5.95. The van der Waals surface area contributed by atoms with E-state index in [4.69, 9.17) is 10.5 Å². The number of ether oxygens (including phenoxy) is 1. The Morgan fingerprint density at radius 3 is 2.89 bits per heavy atom. The minimum atomic E-state index is 0.265. The van der Waals surface area contributed by atoms with Crippen LogP contribution in [0.25, 0.3) is 0 Å². The fourth-order valence-electron chi connectivity index (χ4n) is 1.72. The predicted molar refractivity (Wildman–Crippen MR) is 70.3 cm³/mol. The Balaban J connectivity index is 2.11. The van der Waals surface area contributed by atoms with E-state index < -0.39 is 0 Å². The zero-order chi connectivity index (χ0) is 13.1. The molecule has 0 aliphatic heterocycles. The van der Waals surface area contributed by atoms with Crippen LogP contribution in [0, 0.1) is 6.92 Å². The van der Waals surface area contributed by atoms with Crippen LogP contribution in [0.5, 0.6) is 5.75 Å². The average Bonchev–Trinajstić information content (AvgIpc) is 2.79. The summed E-state index contributed by atoms with van der Waals surface area (Å²) in [5, 5.41) is 4.16. The molecule has 18 heavy (non-hydrogen) atoms. The summed E-state index contributed by atoms with van der Waals surface area (Å²) in [6.45, 7) is 6.48. The molecule has 1 heterocycles. The Hall–Kier alpha value is -2.04. The fourth-order valence-corrected chi connectivity index (χ4v) is 1.72. The van der Waals surface area contributed by atoms with Crippen molar-refractivity contribution in [3.05, 3.63) is 35.9 Å². The van der Waals surface area contributed by atoms with Gasteiger partial charge in [-0.3, -0.25) is 0 Å². The van der Waals surface area contributed by atoms with Gasteiger partial charge in [0.25, 0.3) is 0 Å². The van der Waals surface area contributed by atoms with E-state index in [1.807, 2.05) is 29.8 Å². The molecular weight excluding hydrogens is 228 g/mol. The smallest absolute Gasteiger partial charge is 0.165 e. The highest BCUT2D eigenvalue weighted by atomic mass is 16.5. The summed E-state index contributed by atoms with van der Waals surface area (Å²) in [5.74, 6) is 1.49. The van der Waals surface area contributed by atoms with Gasteiger partial charge in [0.05, 0.1) is 5.69 Å². The van der Waals surface area contributed by atoms with Crippen molar-refractivity contribution in [3.8, 4) is 5.75 Å². The minimum absolute atomic E-state index is 0.265. The molecule has 2 aromatic rings. The quantitative estimate of drug-likeness (QED) is 0.841. The number of anilines is 1. The van der Waals surface area contributed by atoms with Crippen LogP contribution < -0.4 is 10.5 Å². The maximum Gasteiger partial charge on any atom is 0.165 e. The minimum Gasteiger partial charge on any atom is -0.483 e. The van der Waals surface area contributed by atoms with Crippen LogP contribution in [-0.4, -0.2) is 14.8 Å². The van der Waals surface area contributed by atoms with Crippen LogP contribution in [0.1, 0.15) is 31.3 Å². The molecule has 0 spiro atoms. The summed E-state index contributed by atoms with van der Waals surface area (Å²) in [7, 11) is 0. The number of aromatic nitrogens is 3. The molecule has 2 N–H and O–H groups in total. The van der Waals surface area contributed by atoms with Crippen LogP contribution in [0.15, 0.2) is 24.5 Å². The maximum atomic E-state index is 5.86. The molecule has 0 amide bonds. The van der Waals surface area contributed by atoms with E-state index >= 15 is 0 Å². The Bertz CT molecular complexity index is 534. The van der Waals surface area contributed by atoms with Crippen molar-refractivity contribution in [2.45, 2.75) is 33.4 Å². The Labute approximate surface area is 107 Å². The molecule has 0 fully saturated rings. The second-order valence-electron chi connectivity index (χ2n) is 4.54. The third-order valence-electron chi connectivity index (χ3n) is 2.66. The molecule has 0 atom stereocenters. The number of aryl methyl sites for hydroxylation is 1. The average molecular weight is 246 g/mol. The lowest BCUT2D eigenvalue weighted by atomic mass is 10.2. The molecule has 5 nitrogen and oxygen atoms in total. The van der Waals surface area contributed by atoms with E-state index in [0.29, 0.717) is 18.0 Å². The highest BCUT2D eigenvalue weighted by Crippen LogP contribution is 2.23. The normalized spacial score (nSPS) is 10.9. The van der Waals surface area contributed by atoms with E-state index in [-0.39, 0.29) is 6.04 Å². The van der Waals surface area contributed by atoms with E-state index in [1.54, 1.807) is 0 Å². The highest BCUT2D eigenvalue weighted by Gasteiger charge is 2.09. The molecule has 1 aromatic carbocycles. The molecule has 0 aliphatic rings. The SMILES string of the molecule is Cc1ccc(N)c(OCc2ncnn2C(C)C)c1. The van der Waals surface area contributed by atoms with Gasteiger partial charge in [-0.2, -0.15) is 5.10 Å². The van der Waals surface area contributed by atoms with Crippen molar-refractivity contribution in [1.82, 2.24) is 14.8 Å². The molecule has 1 aromatic heterocycles. The van der Waals surface area contributed by atoms with Crippen molar-refractivity contribution < 1.29 is 4.74 Å². The number of rotatable bonds is 4. The van der Waals surface area contributed by atoms with Crippen LogP contribution in [0.3, 0.4) is 0 Å². The summed E-state index contributed by atoms with van der Waals surface area (Å²) < 4.78 is 7.54. The molecule has 0 radical (unpaired) electrons. The van der Waals surface area contributed by atoms with Crippen molar-refractivity contribution in [3.63, 3.8) is 0 Å². The standard InChI is InChI=1S/C13H18N4O/c1-9(2)17-13(15-8-16-17)7-18-12-6-10(3)4-5-11(12)14/h4-6,8-9H,7,14H2,1-3H3. The summed E-state index contributed by atoms with van der Waals surface area (Å²) in [4.78, 5) is 4.19. The summed E-state index contributed by atoms with van der Waals surface area (Å²) >= 11 is 0. The zero-order valence-electron chi connectivity index (χ0n) is 10.9. The lowest BCUT2D eigenvalue weighted by molar-refractivity contribution is 0.284. The third kappa shape index (κ3) is 2.61. The van der Waals surface area contributed by atoms with Gasteiger partial charge in [-0.1, -0.05) is 6.07 Å². The Morgan fingerprint density at radius 2 is 2.17 bits per heavy atom. The molecule has 0 saturated heterocycles. The zero-order valence-corrected chi connectivity index (χ0v) is 10.9. The van der Waals surface area contributed by atoms with Crippen LogP contribution in [0.2, 0.25) is 0 Å². The second kappa shape index (κ2) is 5.08. The molecular formula is C13H18N4O. The number of nitrogens with two attached hydrogens (primary N) is 1. The van der Waals surface area contributed by atoms with Crippen LogP contribution >= 0.6 is 0 Å². The number of nitrogens with zero attached hydrogens (tertiary/aromatic N) is 3. The molecule has 0 saturated carbocycles. The summed E-state index contributed by atoms with van der Waals surface area (Å²) in [6, 6.07) is 5.99. The molecule has 0 aliphatic carbocycles. The first-order valence-corrected chi connectivity index (χ1v) is 5.95. The first kappa shape index (κ1) is 12.4. The van der Waals surface area contributed by atoms with Crippen molar-refractivity contribution >= 4 is 5.69 Å². The number of nitrogen functional groups attached to an aromatic ring is 1. The highest BCUT2D eigenvalue weighted by molar-refractivity contribution is 5.53. The summed E-state index contributed by atoms with van der Waals surface area (Å²) in [6.07, 6.45) is 1.54. The van der Waals surface area contributed by atoms with Gasteiger partial charge in [-0.25, -0.2) is 9.67 Å². The monoisotopic (exact) mass is 246 g/mol. The predicted octanol–water partition coefficient (Wildman–Crippen LogP) is 2.33. The van der Waals surface area contributed by atoms with Crippen LogP contribution in [0.4, 0.5) is 5.69 Å². The molecule has 5 heteroatoms. The van der Waals surface area contributed by atoms with Gasteiger partial charge in [0.2, 0.25) is 0 Å². The lowest BCUT2D eigenvalue weighted by Gasteiger charge is -2.12. The molecule has 0 unspecified atom stereocenters. The van der Waals surface area contributed by atoms with E-state index in [2.05, 4.69) is 23.9 Å². The van der Waals surface area contributed by atoms with E-state index in [0.717, 1.165) is 11.4 Å².